The fraction of sp³-hybridized carbons (Fsp3) is 0.815. The summed E-state index contributed by atoms with van der Waals surface area (Å²) in [4.78, 5) is 0. The van der Waals surface area contributed by atoms with Crippen molar-refractivity contribution in [2.24, 2.45) is 28.6 Å². The van der Waals surface area contributed by atoms with Crippen LogP contribution in [0.4, 0.5) is 0 Å². The number of ether oxygens (including phenoxy) is 3. The van der Waals surface area contributed by atoms with Gasteiger partial charge in [0.2, 0.25) is 0 Å². The maximum atomic E-state index is 12.4. The van der Waals surface area contributed by atoms with Gasteiger partial charge in [-0.15, -0.1) is 0 Å². The van der Waals surface area contributed by atoms with Crippen LogP contribution in [0.5, 0.6) is 0 Å². The summed E-state index contributed by atoms with van der Waals surface area (Å²) >= 11 is 0. The Morgan fingerprint density at radius 3 is 2.59 bits per heavy atom. The van der Waals surface area contributed by atoms with Crippen LogP contribution in [-0.2, 0) is 14.2 Å². The Morgan fingerprint density at radius 2 is 1.97 bits per heavy atom. The topological polar surface area (TPSA) is 71.8 Å². The zero-order valence-corrected chi connectivity index (χ0v) is 21.1. The van der Waals surface area contributed by atoms with E-state index in [0.29, 0.717) is 18.2 Å². The van der Waals surface area contributed by atoms with E-state index in [2.05, 4.69) is 32.9 Å². The van der Waals surface area contributed by atoms with Crippen molar-refractivity contribution >= 4 is 5.71 Å². The highest BCUT2D eigenvalue weighted by Crippen LogP contribution is 2.70. The Balaban J connectivity index is 1.75. The van der Waals surface area contributed by atoms with Gasteiger partial charge in [-0.25, -0.2) is 0 Å². The Labute approximate surface area is 194 Å². The normalized spacial score (nSPS) is 46.3. The van der Waals surface area contributed by atoms with Crippen LogP contribution in [0.1, 0.15) is 80.1 Å². The quantitative estimate of drug-likeness (QED) is 0.411. The van der Waals surface area contributed by atoms with Crippen LogP contribution in [-0.4, -0.2) is 42.0 Å². The second-order valence-electron chi connectivity index (χ2n) is 11.2. The third-order valence-electron chi connectivity index (χ3n) is 10.0. The van der Waals surface area contributed by atoms with Gasteiger partial charge >= 0.3 is 0 Å². The Bertz CT molecular complexity index is 836. The Kier molecular flexibility index (Phi) is 5.96. The maximum Gasteiger partial charge on any atom is 0.156 e. The van der Waals surface area contributed by atoms with Crippen LogP contribution in [0, 0.1) is 34.0 Å². The third kappa shape index (κ3) is 2.96. The molecule has 0 spiro atoms. The first-order valence-electron chi connectivity index (χ1n) is 12.5. The molecule has 4 rings (SSSR count). The molecule has 4 unspecified atom stereocenters. The first-order valence-corrected chi connectivity index (χ1v) is 12.5. The Morgan fingerprint density at radius 1 is 1.25 bits per heavy atom. The predicted octanol–water partition coefficient (Wildman–Crippen LogP) is 5.63. The molecule has 2 N–H and O–H groups in total. The number of nitrogens with one attached hydrogen (secondary N) is 1. The predicted molar refractivity (Wildman–Crippen MR) is 126 cm³/mol. The minimum atomic E-state index is -0.742. The molecule has 32 heavy (non-hydrogen) atoms. The molecule has 0 aromatic heterocycles. The first kappa shape index (κ1) is 24.0. The molecular weight excluding hydrogens is 402 g/mol. The highest BCUT2D eigenvalue weighted by atomic mass is 16.7. The summed E-state index contributed by atoms with van der Waals surface area (Å²) in [6.45, 7) is 13.2. The highest BCUT2D eigenvalue weighted by molar-refractivity contribution is 5.89. The molecule has 0 aliphatic heterocycles. The molecule has 2 saturated carbocycles. The van der Waals surface area contributed by atoms with Crippen molar-refractivity contribution < 1.29 is 19.3 Å². The van der Waals surface area contributed by atoms with Crippen molar-refractivity contribution in [3.05, 3.63) is 23.5 Å². The van der Waals surface area contributed by atoms with Crippen LogP contribution in [0.3, 0.4) is 0 Å². The molecule has 4 aliphatic rings. The number of hydrogen-bond acceptors (Lipinski definition) is 5. The van der Waals surface area contributed by atoms with Crippen molar-refractivity contribution in [3.8, 4) is 0 Å². The SMILES string of the molecule is CCOC(C)OC1(C(C)=N)[C@@H](C)CC2C3CC=C4C=C(OC)CC[C@]4(C)[C@@]3(O)CC[C@@]21C. The molecule has 8 atom stereocenters. The van der Waals surface area contributed by atoms with Crippen molar-refractivity contribution in [1.82, 2.24) is 0 Å². The van der Waals surface area contributed by atoms with Crippen LogP contribution >= 0.6 is 0 Å². The van der Waals surface area contributed by atoms with Crippen molar-refractivity contribution in [1.29, 1.82) is 5.41 Å². The van der Waals surface area contributed by atoms with E-state index in [0.717, 1.165) is 44.3 Å². The molecule has 5 nitrogen and oxygen atoms in total. The lowest BCUT2D eigenvalue weighted by Crippen LogP contribution is -2.66. The van der Waals surface area contributed by atoms with E-state index in [1.807, 2.05) is 20.8 Å². The summed E-state index contributed by atoms with van der Waals surface area (Å²) in [6.07, 6.45) is 9.39. The smallest absolute Gasteiger partial charge is 0.156 e. The van der Waals surface area contributed by atoms with Crippen molar-refractivity contribution in [3.63, 3.8) is 0 Å². The van der Waals surface area contributed by atoms with Gasteiger partial charge in [-0.1, -0.05) is 26.8 Å². The van der Waals surface area contributed by atoms with Gasteiger partial charge in [-0.2, -0.15) is 0 Å². The molecule has 0 aromatic rings. The number of rotatable bonds is 6. The van der Waals surface area contributed by atoms with Gasteiger partial charge in [-0.3, -0.25) is 0 Å². The first-order chi connectivity index (χ1) is 15.0. The summed E-state index contributed by atoms with van der Waals surface area (Å²) in [5.74, 6) is 1.68. The van der Waals surface area contributed by atoms with E-state index in [9.17, 15) is 5.11 Å². The van der Waals surface area contributed by atoms with Crippen LogP contribution < -0.4 is 0 Å². The van der Waals surface area contributed by atoms with Gasteiger partial charge in [-0.05, 0) is 82.3 Å². The standard InChI is InChI=1S/C27H43NO4/c1-8-31-19(4)32-27(18(3)28)17(2)15-23-22-10-9-20-16-21(30-7)11-12-24(20,5)26(22,29)14-13-25(23,27)6/h9,16-17,19,22-23,28-29H,8,10-15H2,1-7H3/t17-,19?,22?,23?,24-,25-,26+,27?/m0/s1. The molecule has 0 aromatic carbocycles. The molecule has 4 aliphatic carbocycles. The minimum Gasteiger partial charge on any atom is -0.501 e. The lowest BCUT2D eigenvalue weighted by atomic mass is 9.45. The molecule has 2 fully saturated rings. The molecule has 0 saturated heterocycles. The molecule has 0 heterocycles. The van der Waals surface area contributed by atoms with Gasteiger partial charge in [0, 0.05) is 29.6 Å². The molecular formula is C27H43NO4. The molecule has 0 amide bonds. The number of aliphatic hydroxyl groups is 1. The van der Waals surface area contributed by atoms with E-state index in [4.69, 9.17) is 19.6 Å². The average Bonchev–Trinajstić information content (AvgIpc) is 2.96. The Hall–Kier alpha value is -1.17. The van der Waals surface area contributed by atoms with E-state index in [-0.39, 0.29) is 29.0 Å². The van der Waals surface area contributed by atoms with Crippen LogP contribution in [0.15, 0.2) is 23.5 Å². The van der Waals surface area contributed by atoms with Gasteiger partial charge in [0.05, 0.1) is 18.5 Å². The fourth-order valence-electron chi connectivity index (χ4n) is 8.39. The lowest BCUT2D eigenvalue weighted by Gasteiger charge is -2.63. The van der Waals surface area contributed by atoms with Crippen molar-refractivity contribution in [2.75, 3.05) is 13.7 Å². The second kappa shape index (κ2) is 7.95. The largest absolute Gasteiger partial charge is 0.501 e. The van der Waals surface area contributed by atoms with E-state index >= 15 is 0 Å². The molecule has 0 radical (unpaired) electrons. The lowest BCUT2D eigenvalue weighted by molar-refractivity contribution is -0.242. The number of hydrogen-bond donors (Lipinski definition) is 2. The number of fused-ring (bicyclic) bond motifs is 5. The highest BCUT2D eigenvalue weighted by Gasteiger charge is 2.72. The second-order valence-corrected chi connectivity index (χ2v) is 11.2. The number of allylic oxidation sites excluding steroid dienone is 3. The van der Waals surface area contributed by atoms with Gasteiger partial charge in [0.1, 0.15) is 5.60 Å². The van der Waals surface area contributed by atoms with Gasteiger partial charge in [0.25, 0.3) is 0 Å². The van der Waals surface area contributed by atoms with E-state index in [1.54, 1.807) is 7.11 Å². The summed E-state index contributed by atoms with van der Waals surface area (Å²) in [5.41, 5.74) is -0.0277. The third-order valence-corrected chi connectivity index (χ3v) is 10.0. The van der Waals surface area contributed by atoms with Crippen LogP contribution in [0.2, 0.25) is 0 Å². The van der Waals surface area contributed by atoms with Crippen molar-refractivity contribution in [2.45, 2.75) is 97.6 Å². The average molecular weight is 446 g/mol. The van der Waals surface area contributed by atoms with Crippen LogP contribution in [0.25, 0.3) is 0 Å². The molecule has 5 heteroatoms. The fourth-order valence-corrected chi connectivity index (χ4v) is 8.39. The summed E-state index contributed by atoms with van der Waals surface area (Å²) in [5, 5.41) is 21.3. The minimum absolute atomic E-state index is 0.169. The summed E-state index contributed by atoms with van der Waals surface area (Å²) in [7, 11) is 1.74. The summed E-state index contributed by atoms with van der Waals surface area (Å²) in [6, 6.07) is 0. The van der Waals surface area contributed by atoms with E-state index in [1.165, 1.54) is 5.57 Å². The van der Waals surface area contributed by atoms with E-state index < -0.39 is 11.2 Å². The number of methoxy groups -OCH3 is 1. The molecule has 0 bridgehead atoms. The monoisotopic (exact) mass is 445 g/mol. The maximum absolute atomic E-state index is 12.4. The van der Waals surface area contributed by atoms with Gasteiger partial charge in [0.15, 0.2) is 6.29 Å². The zero-order valence-electron chi connectivity index (χ0n) is 21.1. The summed E-state index contributed by atoms with van der Waals surface area (Å²) < 4.78 is 18.0. The molecule has 180 valence electrons. The zero-order chi connectivity index (χ0) is 23.5. The van der Waals surface area contributed by atoms with Gasteiger partial charge < -0.3 is 24.7 Å².